The summed E-state index contributed by atoms with van der Waals surface area (Å²) >= 11 is 0. The van der Waals surface area contributed by atoms with Gasteiger partial charge in [0.2, 0.25) is 0 Å². The molecule has 22 heavy (non-hydrogen) atoms. The third kappa shape index (κ3) is 10.6. The summed E-state index contributed by atoms with van der Waals surface area (Å²) in [6.45, 7) is 6.36. The highest BCUT2D eigenvalue weighted by Crippen LogP contribution is 2.21. The fourth-order valence-corrected chi connectivity index (χ4v) is 3.32. The highest BCUT2D eigenvalue weighted by molar-refractivity contribution is 4.68. The summed E-state index contributed by atoms with van der Waals surface area (Å²) in [5.74, 6) is 0. The molecule has 0 N–H and O–H groups in total. The summed E-state index contributed by atoms with van der Waals surface area (Å²) in [5, 5.41) is 0. The maximum atomic E-state index is 6.42. The molecule has 0 amide bonds. The molecule has 0 radical (unpaired) electrons. The second kappa shape index (κ2) is 14.5. The predicted octanol–water partition coefficient (Wildman–Crippen LogP) is 6.27. The summed E-state index contributed by atoms with van der Waals surface area (Å²) in [7, 11) is 0. The zero-order valence-corrected chi connectivity index (χ0v) is 15.3. The molecule has 132 valence electrons. The van der Waals surface area contributed by atoms with Crippen molar-refractivity contribution in [2.45, 2.75) is 116 Å². The number of hydrogen-bond acceptors (Lipinski definition) is 2. The average Bonchev–Trinajstić information content (AvgIpc) is 2.55. The Hall–Kier alpha value is -0.0800. The van der Waals surface area contributed by atoms with E-state index >= 15 is 0 Å². The van der Waals surface area contributed by atoms with Crippen LogP contribution < -0.4 is 0 Å². The molecule has 2 nitrogen and oxygen atoms in total. The summed E-state index contributed by atoms with van der Waals surface area (Å²) in [6.07, 6.45) is 19.4. The van der Waals surface area contributed by atoms with Crippen molar-refractivity contribution in [2.24, 2.45) is 0 Å². The second-order valence-electron chi connectivity index (χ2n) is 6.98. The van der Waals surface area contributed by atoms with Crippen LogP contribution in [0.3, 0.4) is 0 Å². The Labute approximate surface area is 139 Å². The van der Waals surface area contributed by atoms with Crippen LogP contribution >= 0.6 is 0 Å². The van der Waals surface area contributed by atoms with E-state index in [9.17, 15) is 0 Å². The first-order chi connectivity index (χ1) is 10.9. The highest BCUT2D eigenvalue weighted by atomic mass is 16.5. The lowest BCUT2D eigenvalue weighted by Crippen LogP contribution is -2.28. The van der Waals surface area contributed by atoms with Gasteiger partial charge in [0.25, 0.3) is 0 Å². The van der Waals surface area contributed by atoms with Crippen molar-refractivity contribution >= 4 is 0 Å². The topological polar surface area (TPSA) is 18.5 Å². The molecular formula is C20H40O2. The van der Waals surface area contributed by atoms with Gasteiger partial charge in [-0.15, -0.1) is 0 Å². The van der Waals surface area contributed by atoms with Crippen LogP contribution in [0.15, 0.2) is 0 Å². The van der Waals surface area contributed by atoms with Gasteiger partial charge >= 0.3 is 0 Å². The molecular weight excluding hydrogens is 272 g/mol. The number of rotatable bonds is 14. The smallest absolute Gasteiger partial charge is 0.0622 e. The zero-order chi connectivity index (χ0) is 15.9. The van der Waals surface area contributed by atoms with Gasteiger partial charge in [0.05, 0.1) is 12.2 Å². The minimum absolute atomic E-state index is 0.463. The van der Waals surface area contributed by atoms with Crippen LogP contribution in [0, 0.1) is 0 Å². The standard InChI is InChI=1S/C20H40O2/c1-3-5-7-9-11-13-19(14-12-10-8-6-4-2)22-20-15-17-21-18-16-20/h19-20H,3-18H2,1-2H3. The lowest BCUT2D eigenvalue weighted by Gasteiger charge is -2.28. The van der Waals surface area contributed by atoms with Gasteiger partial charge in [-0.3, -0.25) is 0 Å². The molecule has 0 aromatic rings. The Morgan fingerprint density at radius 2 is 1.27 bits per heavy atom. The fourth-order valence-electron chi connectivity index (χ4n) is 3.32. The molecule has 1 fully saturated rings. The van der Waals surface area contributed by atoms with Gasteiger partial charge in [-0.2, -0.15) is 0 Å². The summed E-state index contributed by atoms with van der Waals surface area (Å²) in [4.78, 5) is 0. The third-order valence-electron chi connectivity index (χ3n) is 4.81. The Balaban J connectivity index is 2.18. The van der Waals surface area contributed by atoms with Crippen LogP contribution in [0.4, 0.5) is 0 Å². The Kier molecular flexibility index (Phi) is 13.2. The first-order valence-corrected chi connectivity index (χ1v) is 10.1. The van der Waals surface area contributed by atoms with E-state index in [0.29, 0.717) is 12.2 Å². The molecule has 0 aromatic heterocycles. The van der Waals surface area contributed by atoms with Gasteiger partial charge in [-0.05, 0) is 25.7 Å². The van der Waals surface area contributed by atoms with Crippen molar-refractivity contribution in [3.05, 3.63) is 0 Å². The van der Waals surface area contributed by atoms with Gasteiger partial charge in [0.1, 0.15) is 0 Å². The van der Waals surface area contributed by atoms with E-state index < -0.39 is 0 Å². The van der Waals surface area contributed by atoms with Crippen molar-refractivity contribution in [3.63, 3.8) is 0 Å². The van der Waals surface area contributed by atoms with Crippen LogP contribution in [0.5, 0.6) is 0 Å². The van der Waals surface area contributed by atoms with E-state index in [1.54, 1.807) is 0 Å². The maximum absolute atomic E-state index is 6.42. The number of unbranched alkanes of at least 4 members (excludes halogenated alkanes) is 8. The lowest BCUT2D eigenvalue weighted by atomic mass is 10.0. The lowest BCUT2D eigenvalue weighted by molar-refractivity contribution is -0.0739. The largest absolute Gasteiger partial charge is 0.381 e. The molecule has 1 aliphatic rings. The molecule has 0 aromatic carbocycles. The maximum Gasteiger partial charge on any atom is 0.0622 e. The van der Waals surface area contributed by atoms with Gasteiger partial charge in [0, 0.05) is 13.2 Å². The molecule has 1 rings (SSSR count). The Morgan fingerprint density at radius 1 is 0.773 bits per heavy atom. The number of ether oxygens (including phenoxy) is 2. The molecule has 0 unspecified atom stereocenters. The third-order valence-corrected chi connectivity index (χ3v) is 4.81. The van der Waals surface area contributed by atoms with Crippen molar-refractivity contribution in [2.75, 3.05) is 13.2 Å². The predicted molar refractivity (Wildman–Crippen MR) is 95.5 cm³/mol. The summed E-state index contributed by atoms with van der Waals surface area (Å²) < 4.78 is 11.9. The Bertz CT molecular complexity index is 210. The molecule has 0 saturated carbocycles. The fraction of sp³-hybridized carbons (Fsp3) is 1.00. The van der Waals surface area contributed by atoms with E-state index in [0.717, 1.165) is 26.1 Å². The van der Waals surface area contributed by atoms with Crippen molar-refractivity contribution in [1.29, 1.82) is 0 Å². The first kappa shape index (κ1) is 20.0. The van der Waals surface area contributed by atoms with Crippen molar-refractivity contribution < 1.29 is 9.47 Å². The average molecular weight is 313 g/mol. The number of hydrogen-bond donors (Lipinski definition) is 0. The van der Waals surface area contributed by atoms with Crippen LogP contribution in [0.1, 0.15) is 104 Å². The van der Waals surface area contributed by atoms with E-state index in [4.69, 9.17) is 9.47 Å². The molecule has 0 spiro atoms. The summed E-state index contributed by atoms with van der Waals surface area (Å²) in [5.41, 5.74) is 0. The normalized spacial score (nSPS) is 16.5. The van der Waals surface area contributed by atoms with E-state index in [2.05, 4.69) is 13.8 Å². The minimum Gasteiger partial charge on any atom is -0.381 e. The minimum atomic E-state index is 0.463. The highest BCUT2D eigenvalue weighted by Gasteiger charge is 2.19. The SMILES string of the molecule is CCCCCCCC(CCCCCCC)OC1CCOCC1. The monoisotopic (exact) mass is 312 g/mol. The van der Waals surface area contributed by atoms with E-state index in [1.165, 1.54) is 77.0 Å². The van der Waals surface area contributed by atoms with Crippen molar-refractivity contribution in [1.82, 2.24) is 0 Å². The molecule has 0 atom stereocenters. The molecule has 2 heteroatoms. The quantitative estimate of drug-likeness (QED) is 0.352. The van der Waals surface area contributed by atoms with Gasteiger partial charge in [0.15, 0.2) is 0 Å². The van der Waals surface area contributed by atoms with Crippen LogP contribution in [0.2, 0.25) is 0 Å². The summed E-state index contributed by atoms with van der Waals surface area (Å²) in [6, 6.07) is 0. The van der Waals surface area contributed by atoms with Crippen LogP contribution in [0.25, 0.3) is 0 Å². The van der Waals surface area contributed by atoms with Crippen molar-refractivity contribution in [3.8, 4) is 0 Å². The second-order valence-corrected chi connectivity index (χ2v) is 6.98. The molecule has 0 bridgehead atoms. The molecule has 1 saturated heterocycles. The Morgan fingerprint density at radius 3 is 1.77 bits per heavy atom. The van der Waals surface area contributed by atoms with Crippen LogP contribution in [-0.2, 0) is 9.47 Å². The van der Waals surface area contributed by atoms with Gasteiger partial charge < -0.3 is 9.47 Å². The first-order valence-electron chi connectivity index (χ1n) is 10.1. The molecule has 1 aliphatic heterocycles. The van der Waals surface area contributed by atoms with E-state index in [1.807, 2.05) is 0 Å². The van der Waals surface area contributed by atoms with Gasteiger partial charge in [-0.25, -0.2) is 0 Å². The zero-order valence-electron chi connectivity index (χ0n) is 15.3. The molecule has 0 aliphatic carbocycles. The molecule has 1 heterocycles. The van der Waals surface area contributed by atoms with E-state index in [-0.39, 0.29) is 0 Å². The van der Waals surface area contributed by atoms with Crippen LogP contribution in [-0.4, -0.2) is 25.4 Å². The van der Waals surface area contributed by atoms with Gasteiger partial charge in [-0.1, -0.05) is 78.1 Å².